The van der Waals surface area contributed by atoms with E-state index in [0.717, 1.165) is 11.3 Å². The van der Waals surface area contributed by atoms with Crippen molar-refractivity contribution in [2.45, 2.75) is 65.7 Å². The molecule has 6 heteroatoms. The number of hydrogen-bond acceptors (Lipinski definition) is 4. The Balaban J connectivity index is 2.04. The van der Waals surface area contributed by atoms with Crippen molar-refractivity contribution >= 4 is 17.6 Å². The predicted molar refractivity (Wildman–Crippen MR) is 104 cm³/mol. The van der Waals surface area contributed by atoms with Crippen LogP contribution in [0.15, 0.2) is 24.3 Å². The number of halogens is 1. The summed E-state index contributed by atoms with van der Waals surface area (Å²) in [5, 5.41) is 2.92. The van der Waals surface area contributed by atoms with E-state index >= 15 is 4.39 Å². The van der Waals surface area contributed by atoms with Gasteiger partial charge in [-0.2, -0.15) is 0 Å². The van der Waals surface area contributed by atoms with Gasteiger partial charge in [-0.1, -0.05) is 45.9 Å². The Morgan fingerprint density at radius 1 is 1.33 bits per heavy atom. The first kappa shape index (κ1) is 21.2. The summed E-state index contributed by atoms with van der Waals surface area (Å²) in [6.45, 7) is 11.4. The van der Waals surface area contributed by atoms with E-state index in [1.165, 1.54) is 4.90 Å². The molecule has 1 N–H and O–H groups in total. The summed E-state index contributed by atoms with van der Waals surface area (Å²) in [4.78, 5) is 25.9. The molecule has 1 heterocycles. The van der Waals surface area contributed by atoms with Gasteiger partial charge in [0.25, 0.3) is 0 Å². The fourth-order valence-electron chi connectivity index (χ4n) is 3.45. The van der Waals surface area contributed by atoms with Crippen LogP contribution in [0.1, 0.15) is 53.5 Å². The van der Waals surface area contributed by atoms with E-state index in [1.807, 2.05) is 58.9 Å². The second kappa shape index (κ2) is 7.87. The van der Waals surface area contributed by atoms with E-state index in [2.05, 4.69) is 5.32 Å². The average molecular weight is 378 g/mol. The third-order valence-corrected chi connectivity index (χ3v) is 5.55. The number of carbonyl (C=O) groups is 2. The summed E-state index contributed by atoms with van der Waals surface area (Å²) >= 11 is 0. The minimum atomic E-state index is -1.27. The van der Waals surface area contributed by atoms with Crippen molar-refractivity contribution in [1.82, 2.24) is 5.32 Å². The van der Waals surface area contributed by atoms with Gasteiger partial charge in [-0.25, -0.2) is 4.39 Å². The average Bonchev–Trinajstić information content (AvgIpc) is 2.76. The Morgan fingerprint density at radius 3 is 2.59 bits per heavy atom. The summed E-state index contributed by atoms with van der Waals surface area (Å²) in [5.74, 6) is -0.558. The van der Waals surface area contributed by atoms with Crippen LogP contribution >= 0.6 is 0 Å². The minimum Gasteiger partial charge on any atom is -0.466 e. The molecule has 2 atom stereocenters. The number of alkyl halides is 1. The number of nitrogens with zero attached hydrogens (tertiary/aromatic N) is 1. The summed E-state index contributed by atoms with van der Waals surface area (Å²) < 4.78 is 20.0. The number of carbonyl (C=O) groups excluding carboxylic acids is 2. The van der Waals surface area contributed by atoms with Gasteiger partial charge < -0.3 is 15.0 Å². The van der Waals surface area contributed by atoms with Gasteiger partial charge in [0.15, 0.2) is 6.30 Å². The van der Waals surface area contributed by atoms with Crippen molar-refractivity contribution in [3.8, 4) is 0 Å². The number of amides is 1. The Bertz CT molecular complexity index is 702. The van der Waals surface area contributed by atoms with Crippen molar-refractivity contribution in [3.05, 3.63) is 29.8 Å². The number of ether oxygens (including phenoxy) is 1. The zero-order valence-electron chi connectivity index (χ0n) is 17.1. The highest BCUT2D eigenvalue weighted by Gasteiger charge is 2.45. The molecule has 0 aromatic heterocycles. The lowest BCUT2D eigenvalue weighted by atomic mass is 9.82. The van der Waals surface area contributed by atoms with Gasteiger partial charge in [-0.05, 0) is 30.9 Å². The Labute approximate surface area is 161 Å². The summed E-state index contributed by atoms with van der Waals surface area (Å²) in [7, 11) is 0. The van der Waals surface area contributed by atoms with Gasteiger partial charge in [0, 0.05) is 17.1 Å². The summed E-state index contributed by atoms with van der Waals surface area (Å²) in [6.07, 6.45) is -1.07. The number of benzene rings is 1. The Hall–Kier alpha value is -2.11. The lowest BCUT2D eigenvalue weighted by Crippen LogP contribution is -2.49. The highest BCUT2D eigenvalue weighted by Crippen LogP contribution is 2.45. The molecular weight excluding hydrogens is 347 g/mol. The van der Waals surface area contributed by atoms with Gasteiger partial charge in [0.1, 0.15) is 0 Å². The maximum atomic E-state index is 15.0. The van der Waals surface area contributed by atoms with Gasteiger partial charge >= 0.3 is 5.97 Å². The molecule has 5 nitrogen and oxygen atoms in total. The topological polar surface area (TPSA) is 58.6 Å². The van der Waals surface area contributed by atoms with Crippen LogP contribution in [0.2, 0.25) is 0 Å². The van der Waals surface area contributed by atoms with E-state index in [9.17, 15) is 9.59 Å². The maximum Gasteiger partial charge on any atom is 0.306 e. The predicted octanol–water partition coefficient (Wildman–Crippen LogP) is 3.56. The molecule has 0 bridgehead atoms. The lowest BCUT2D eigenvalue weighted by molar-refractivity contribution is -0.146. The van der Waals surface area contributed by atoms with Crippen molar-refractivity contribution in [2.24, 2.45) is 5.41 Å². The smallest absolute Gasteiger partial charge is 0.306 e. The van der Waals surface area contributed by atoms with Crippen LogP contribution in [-0.2, 0) is 19.7 Å². The van der Waals surface area contributed by atoms with Crippen molar-refractivity contribution in [2.75, 3.05) is 18.1 Å². The molecule has 27 heavy (non-hydrogen) atoms. The first-order valence-corrected chi connectivity index (χ1v) is 9.46. The van der Waals surface area contributed by atoms with Crippen LogP contribution in [0.3, 0.4) is 0 Å². The monoisotopic (exact) mass is 378 g/mol. The second-order valence-corrected chi connectivity index (χ2v) is 8.46. The number of rotatable bonds is 7. The quantitative estimate of drug-likeness (QED) is 0.582. The molecule has 1 aromatic rings. The summed E-state index contributed by atoms with van der Waals surface area (Å²) in [6, 6.07) is 7.22. The van der Waals surface area contributed by atoms with Crippen LogP contribution in [0.4, 0.5) is 10.1 Å². The minimum absolute atomic E-state index is 0.0680. The molecule has 0 saturated heterocycles. The molecule has 1 amide bonds. The van der Waals surface area contributed by atoms with E-state index in [-0.39, 0.29) is 30.9 Å². The fourth-order valence-corrected chi connectivity index (χ4v) is 3.45. The molecular formula is C21H31FN2O3. The van der Waals surface area contributed by atoms with Gasteiger partial charge in [0.05, 0.1) is 19.6 Å². The molecule has 1 aromatic carbocycles. The zero-order valence-corrected chi connectivity index (χ0v) is 17.1. The molecule has 2 unspecified atom stereocenters. The second-order valence-electron chi connectivity index (χ2n) is 8.46. The van der Waals surface area contributed by atoms with Gasteiger partial charge in [0.2, 0.25) is 5.91 Å². The molecule has 0 aliphatic carbocycles. The van der Waals surface area contributed by atoms with Crippen molar-refractivity contribution in [3.63, 3.8) is 0 Å². The van der Waals surface area contributed by atoms with Crippen molar-refractivity contribution in [1.29, 1.82) is 0 Å². The fraction of sp³-hybridized carbons (Fsp3) is 0.619. The molecule has 0 fully saturated rings. The lowest BCUT2D eigenvalue weighted by Gasteiger charge is -2.33. The number of fused-ring (bicyclic) bond motifs is 1. The third-order valence-electron chi connectivity index (χ3n) is 5.55. The number of anilines is 1. The standard InChI is InChI=1S/C21H31FN2O3/c1-7-27-18(26)12-20(3,4)14(2)23-17(25)13-24-16-11-9-8-10-15(16)21(5,6)19(24)22/h8-11,14,19H,7,12-13H2,1-6H3,(H,23,25). The normalized spacial score (nSPS) is 19.4. The Morgan fingerprint density at radius 2 is 1.96 bits per heavy atom. The SMILES string of the molecule is CCOC(=O)CC(C)(C)C(C)NC(=O)CN1c2ccccc2C(C)(C)C1F. The summed E-state index contributed by atoms with van der Waals surface area (Å²) in [5.41, 5.74) is 0.509. The molecule has 1 aliphatic rings. The molecule has 0 radical (unpaired) electrons. The van der Waals surface area contributed by atoms with Crippen LogP contribution in [0.25, 0.3) is 0 Å². The Kier molecular flexibility index (Phi) is 6.17. The highest BCUT2D eigenvalue weighted by atomic mass is 19.1. The van der Waals surface area contributed by atoms with Crippen LogP contribution in [0.5, 0.6) is 0 Å². The molecule has 0 saturated carbocycles. The van der Waals surface area contributed by atoms with Gasteiger partial charge in [-0.3, -0.25) is 9.59 Å². The van der Waals surface area contributed by atoms with Crippen LogP contribution in [0, 0.1) is 5.41 Å². The number of para-hydroxylation sites is 1. The zero-order chi connectivity index (χ0) is 20.4. The van der Waals surface area contributed by atoms with E-state index < -0.39 is 17.1 Å². The number of nitrogens with one attached hydrogen (secondary N) is 1. The van der Waals surface area contributed by atoms with Crippen LogP contribution < -0.4 is 10.2 Å². The van der Waals surface area contributed by atoms with Crippen LogP contribution in [-0.4, -0.2) is 37.4 Å². The molecule has 0 spiro atoms. The third kappa shape index (κ3) is 4.42. The number of hydrogen-bond donors (Lipinski definition) is 1. The van der Waals surface area contributed by atoms with Gasteiger partial charge in [-0.15, -0.1) is 0 Å². The maximum absolute atomic E-state index is 15.0. The van der Waals surface area contributed by atoms with Crippen molar-refractivity contribution < 1.29 is 18.7 Å². The van der Waals surface area contributed by atoms with E-state index in [0.29, 0.717) is 6.61 Å². The highest BCUT2D eigenvalue weighted by molar-refractivity contribution is 5.83. The first-order valence-electron chi connectivity index (χ1n) is 9.46. The molecule has 150 valence electrons. The van der Waals surface area contributed by atoms with E-state index in [4.69, 9.17) is 4.74 Å². The molecule has 2 rings (SSSR count). The van der Waals surface area contributed by atoms with E-state index in [1.54, 1.807) is 6.92 Å². The number of esters is 1. The molecule has 1 aliphatic heterocycles. The first-order chi connectivity index (χ1) is 12.5. The largest absolute Gasteiger partial charge is 0.466 e.